The molecule has 6 heteroatoms. The molecule has 0 bridgehead atoms. The van der Waals surface area contributed by atoms with Gasteiger partial charge in [0.2, 0.25) is 13.1 Å². The van der Waals surface area contributed by atoms with Crippen molar-refractivity contribution in [1.29, 1.82) is 0 Å². The summed E-state index contributed by atoms with van der Waals surface area (Å²) in [5.41, 5.74) is 2.16. The molecule has 0 atom stereocenters. The molecule has 0 aromatic carbocycles. The minimum absolute atomic E-state index is 0.126. The largest absolute Gasteiger partial charge is 0.338 e. The zero-order chi connectivity index (χ0) is 20.5. The lowest BCUT2D eigenvalue weighted by Crippen LogP contribution is -2.44. The molecule has 0 radical (unpaired) electrons. The molecule has 0 aliphatic heterocycles. The van der Waals surface area contributed by atoms with E-state index < -0.39 is 0 Å². The van der Waals surface area contributed by atoms with Crippen molar-refractivity contribution >= 4 is 11.8 Å². The Morgan fingerprint density at radius 3 is 1.18 bits per heavy atom. The van der Waals surface area contributed by atoms with Crippen molar-refractivity contribution < 1.29 is 18.7 Å². The first-order chi connectivity index (χ1) is 13.5. The predicted octanol–water partition coefficient (Wildman–Crippen LogP) is 1.67. The van der Waals surface area contributed by atoms with E-state index in [1.807, 2.05) is 95.7 Å². The van der Waals surface area contributed by atoms with E-state index in [0.717, 1.165) is 37.3 Å². The van der Waals surface area contributed by atoms with Crippen LogP contribution in [0, 0.1) is 0 Å². The Balaban J connectivity index is 2.02. The molecule has 28 heavy (non-hydrogen) atoms. The van der Waals surface area contributed by atoms with Crippen molar-refractivity contribution in [3.05, 3.63) is 49.1 Å². The van der Waals surface area contributed by atoms with Gasteiger partial charge < -0.3 is 9.80 Å². The van der Waals surface area contributed by atoms with Crippen molar-refractivity contribution in [1.82, 2.24) is 9.80 Å². The third-order valence-electron chi connectivity index (χ3n) is 4.98. The molecule has 2 aromatic heterocycles. The van der Waals surface area contributed by atoms with Crippen molar-refractivity contribution in [2.24, 2.45) is 0 Å². The van der Waals surface area contributed by atoms with Gasteiger partial charge in [-0.2, -0.15) is 9.13 Å². The second-order valence-electron chi connectivity index (χ2n) is 6.65. The Morgan fingerprint density at radius 1 is 0.643 bits per heavy atom. The average molecular weight is 385 g/mol. The number of rotatable bonds is 9. The standard InChI is InChI=1S/C22H32N4O2/c1-5-25(6-2)21(27)17-23-13-9-19(10-14-23)20-11-15-24(16-12-20)18-22(28)26(7-3)8-4/h9-16H,5-8,17-18H2,1-4H3/q+2. The van der Waals surface area contributed by atoms with Crippen molar-refractivity contribution in [2.75, 3.05) is 26.2 Å². The molecular weight excluding hydrogens is 352 g/mol. The highest BCUT2D eigenvalue weighted by Crippen LogP contribution is 2.15. The van der Waals surface area contributed by atoms with E-state index in [2.05, 4.69) is 0 Å². The van der Waals surface area contributed by atoms with Gasteiger partial charge >= 0.3 is 0 Å². The van der Waals surface area contributed by atoms with Gasteiger partial charge in [0.15, 0.2) is 24.8 Å². The molecule has 2 aromatic rings. The number of hydrogen-bond acceptors (Lipinski definition) is 2. The fourth-order valence-corrected chi connectivity index (χ4v) is 3.18. The molecule has 0 saturated carbocycles. The minimum Gasteiger partial charge on any atom is -0.338 e. The third kappa shape index (κ3) is 5.62. The molecule has 0 spiro atoms. The molecule has 0 fully saturated rings. The Bertz CT molecular complexity index is 697. The van der Waals surface area contributed by atoms with Gasteiger partial charge in [0, 0.05) is 50.4 Å². The molecule has 0 aliphatic rings. The van der Waals surface area contributed by atoms with Gasteiger partial charge in [-0.25, -0.2) is 0 Å². The summed E-state index contributed by atoms with van der Waals surface area (Å²) in [6, 6.07) is 8.04. The molecule has 0 unspecified atom stereocenters. The molecule has 0 N–H and O–H groups in total. The summed E-state index contributed by atoms with van der Waals surface area (Å²) in [6.45, 7) is 11.6. The fraction of sp³-hybridized carbons (Fsp3) is 0.455. The first-order valence-electron chi connectivity index (χ1n) is 10.1. The van der Waals surface area contributed by atoms with Gasteiger partial charge in [-0.1, -0.05) is 0 Å². The summed E-state index contributed by atoms with van der Waals surface area (Å²) >= 11 is 0. The van der Waals surface area contributed by atoms with Gasteiger partial charge in [0.05, 0.1) is 0 Å². The number of pyridine rings is 2. The van der Waals surface area contributed by atoms with Crippen molar-refractivity contribution in [2.45, 2.75) is 40.8 Å². The summed E-state index contributed by atoms with van der Waals surface area (Å²) in [7, 11) is 0. The Morgan fingerprint density at radius 2 is 0.929 bits per heavy atom. The highest BCUT2D eigenvalue weighted by Gasteiger charge is 2.16. The lowest BCUT2D eigenvalue weighted by Gasteiger charge is -2.16. The zero-order valence-corrected chi connectivity index (χ0v) is 17.5. The second-order valence-corrected chi connectivity index (χ2v) is 6.65. The van der Waals surface area contributed by atoms with Gasteiger partial charge in [-0.3, -0.25) is 9.59 Å². The Hall–Kier alpha value is -2.76. The summed E-state index contributed by atoms with van der Waals surface area (Å²) in [4.78, 5) is 28.1. The van der Waals surface area contributed by atoms with Crippen molar-refractivity contribution in [3.8, 4) is 11.1 Å². The quantitative estimate of drug-likeness (QED) is 0.618. The van der Waals surface area contributed by atoms with Gasteiger partial charge in [-0.15, -0.1) is 0 Å². The minimum atomic E-state index is 0.126. The number of likely N-dealkylation sites (N-methyl/N-ethyl adjacent to an activating group) is 2. The van der Waals surface area contributed by atoms with Crippen LogP contribution < -0.4 is 9.13 Å². The zero-order valence-electron chi connectivity index (χ0n) is 17.5. The molecule has 0 saturated heterocycles. The monoisotopic (exact) mass is 384 g/mol. The van der Waals surface area contributed by atoms with E-state index in [9.17, 15) is 9.59 Å². The van der Waals surface area contributed by atoms with E-state index in [1.54, 1.807) is 0 Å². The Labute approximate surface area is 168 Å². The Kier molecular flexibility index (Phi) is 8.11. The smallest absolute Gasteiger partial charge is 0.288 e. The second kappa shape index (κ2) is 10.5. The van der Waals surface area contributed by atoms with E-state index in [1.165, 1.54) is 0 Å². The first kappa shape index (κ1) is 21.5. The number of amides is 2. The van der Waals surface area contributed by atoms with Crippen LogP contribution in [0.3, 0.4) is 0 Å². The molecule has 0 aliphatic carbocycles. The molecule has 2 rings (SSSR count). The molecule has 6 nitrogen and oxygen atoms in total. The third-order valence-corrected chi connectivity index (χ3v) is 4.98. The number of aromatic nitrogens is 2. The van der Waals surface area contributed by atoms with Crippen LogP contribution >= 0.6 is 0 Å². The van der Waals surface area contributed by atoms with Gasteiger partial charge in [0.25, 0.3) is 11.8 Å². The molecule has 150 valence electrons. The maximum atomic E-state index is 12.2. The van der Waals surface area contributed by atoms with Crippen LogP contribution in [-0.4, -0.2) is 47.8 Å². The lowest BCUT2D eigenvalue weighted by molar-refractivity contribution is -0.685. The van der Waals surface area contributed by atoms with E-state index >= 15 is 0 Å². The van der Waals surface area contributed by atoms with Crippen LogP contribution in [0.4, 0.5) is 0 Å². The number of carbonyl (C=O) groups is 2. The highest BCUT2D eigenvalue weighted by atomic mass is 16.2. The predicted molar refractivity (Wildman–Crippen MR) is 108 cm³/mol. The van der Waals surface area contributed by atoms with Crippen LogP contribution in [0.25, 0.3) is 11.1 Å². The normalized spacial score (nSPS) is 10.6. The van der Waals surface area contributed by atoms with E-state index in [4.69, 9.17) is 0 Å². The van der Waals surface area contributed by atoms with Gasteiger partial charge in [0.1, 0.15) is 0 Å². The maximum Gasteiger partial charge on any atom is 0.288 e. The number of nitrogens with zero attached hydrogens (tertiary/aromatic N) is 4. The van der Waals surface area contributed by atoms with Crippen LogP contribution in [0.15, 0.2) is 49.1 Å². The summed E-state index contributed by atoms with van der Waals surface area (Å²) in [5.74, 6) is 0.253. The van der Waals surface area contributed by atoms with Crippen LogP contribution in [-0.2, 0) is 22.7 Å². The lowest BCUT2D eigenvalue weighted by atomic mass is 10.1. The topological polar surface area (TPSA) is 48.4 Å². The van der Waals surface area contributed by atoms with Crippen LogP contribution in [0.5, 0.6) is 0 Å². The summed E-state index contributed by atoms with van der Waals surface area (Å²) in [5, 5.41) is 0. The summed E-state index contributed by atoms with van der Waals surface area (Å²) in [6.07, 6.45) is 7.73. The van der Waals surface area contributed by atoms with Crippen LogP contribution in [0.1, 0.15) is 27.7 Å². The highest BCUT2D eigenvalue weighted by molar-refractivity contribution is 5.75. The number of hydrogen-bond donors (Lipinski definition) is 0. The molecule has 2 heterocycles. The van der Waals surface area contributed by atoms with Crippen LogP contribution in [0.2, 0.25) is 0 Å². The SMILES string of the molecule is CCN(CC)C(=O)C[n+]1ccc(-c2cc[n+](CC(=O)N(CC)CC)cc2)cc1. The average Bonchev–Trinajstić information content (AvgIpc) is 2.71. The number of carbonyl (C=O) groups excluding carboxylic acids is 2. The first-order valence-corrected chi connectivity index (χ1v) is 10.1. The summed E-state index contributed by atoms with van der Waals surface area (Å²) < 4.78 is 3.80. The van der Waals surface area contributed by atoms with Gasteiger partial charge in [-0.05, 0) is 38.8 Å². The molecular formula is C22H32N4O2+2. The molecule has 2 amide bonds. The fourth-order valence-electron chi connectivity index (χ4n) is 3.18. The van der Waals surface area contributed by atoms with Crippen molar-refractivity contribution in [3.63, 3.8) is 0 Å². The van der Waals surface area contributed by atoms with E-state index in [0.29, 0.717) is 13.1 Å². The maximum absolute atomic E-state index is 12.2. The van der Waals surface area contributed by atoms with E-state index in [-0.39, 0.29) is 11.8 Å².